The molecule has 1 fully saturated rings. The lowest BCUT2D eigenvalue weighted by atomic mass is 9.82. The van der Waals surface area contributed by atoms with Crippen LogP contribution in [0.1, 0.15) is 36.6 Å². The molecular weight excluding hydrogens is 364 g/mol. The van der Waals surface area contributed by atoms with Crippen LogP contribution in [-0.2, 0) is 9.53 Å². The molecule has 1 saturated carbocycles. The second-order valence-electron chi connectivity index (χ2n) is 5.52. The van der Waals surface area contributed by atoms with Gasteiger partial charge in [0.1, 0.15) is 10.0 Å². The van der Waals surface area contributed by atoms with E-state index >= 15 is 0 Å². The van der Waals surface area contributed by atoms with E-state index in [9.17, 15) is 4.79 Å². The van der Waals surface area contributed by atoms with Crippen LogP contribution in [-0.4, -0.2) is 23.3 Å². The molecule has 116 valence electrons. The van der Waals surface area contributed by atoms with Crippen LogP contribution >= 0.6 is 27.3 Å². The summed E-state index contributed by atoms with van der Waals surface area (Å²) < 4.78 is 5.89. The lowest BCUT2D eigenvalue weighted by Crippen LogP contribution is -2.22. The molecule has 0 N–H and O–H groups in total. The largest absolute Gasteiger partial charge is 0.469 e. The molecular formula is C16H17BrN2O2S. The maximum Gasteiger partial charge on any atom is 0.308 e. The summed E-state index contributed by atoms with van der Waals surface area (Å²) in [6.07, 6.45) is 3.72. The van der Waals surface area contributed by atoms with E-state index in [4.69, 9.17) is 4.74 Å². The predicted molar refractivity (Wildman–Crippen MR) is 89.8 cm³/mol. The van der Waals surface area contributed by atoms with Gasteiger partial charge in [-0.2, -0.15) is 0 Å². The van der Waals surface area contributed by atoms with E-state index < -0.39 is 0 Å². The van der Waals surface area contributed by atoms with E-state index in [2.05, 4.69) is 26.1 Å². The molecule has 22 heavy (non-hydrogen) atoms. The zero-order valence-electron chi connectivity index (χ0n) is 12.3. The quantitative estimate of drug-likeness (QED) is 0.739. The normalized spacial score (nSPS) is 21.5. The highest BCUT2D eigenvalue weighted by atomic mass is 79.9. The van der Waals surface area contributed by atoms with E-state index in [1.165, 1.54) is 7.11 Å². The Morgan fingerprint density at radius 2 is 1.86 bits per heavy atom. The Morgan fingerprint density at radius 3 is 2.50 bits per heavy atom. The third-order valence-corrected chi connectivity index (χ3v) is 5.81. The highest BCUT2D eigenvalue weighted by molar-refractivity contribution is 9.10. The molecule has 0 unspecified atom stereocenters. The fraction of sp³-hybridized carbons (Fsp3) is 0.438. The SMILES string of the molecule is COC(=O)C1CCC(c2nnc(-c3ccc(Br)cc3)s2)CC1. The summed E-state index contributed by atoms with van der Waals surface area (Å²) in [4.78, 5) is 11.6. The van der Waals surface area contributed by atoms with Crippen molar-refractivity contribution >= 4 is 33.2 Å². The Labute approximate surface area is 142 Å². The summed E-state index contributed by atoms with van der Waals surface area (Å²) in [6, 6.07) is 8.11. The molecule has 0 saturated heterocycles. The number of nitrogens with zero attached hydrogens (tertiary/aromatic N) is 2. The Kier molecular flexibility index (Phi) is 4.88. The van der Waals surface area contributed by atoms with E-state index in [-0.39, 0.29) is 11.9 Å². The molecule has 0 radical (unpaired) electrons. The van der Waals surface area contributed by atoms with Crippen molar-refractivity contribution in [3.05, 3.63) is 33.7 Å². The number of esters is 1. The van der Waals surface area contributed by atoms with Crippen molar-refractivity contribution in [3.63, 3.8) is 0 Å². The molecule has 1 aliphatic rings. The molecule has 2 aromatic rings. The standard InChI is InChI=1S/C16H17BrN2O2S/c1-21-16(20)12-4-2-10(3-5-12)14-18-19-15(22-14)11-6-8-13(17)9-7-11/h6-10,12H,2-5H2,1H3. The van der Waals surface area contributed by atoms with Crippen LogP contribution in [0.3, 0.4) is 0 Å². The maximum atomic E-state index is 11.6. The molecule has 1 aromatic heterocycles. The molecule has 0 bridgehead atoms. The van der Waals surface area contributed by atoms with Crippen LogP contribution in [0, 0.1) is 5.92 Å². The third-order valence-electron chi connectivity index (χ3n) is 4.14. The van der Waals surface area contributed by atoms with Crippen LogP contribution in [0.5, 0.6) is 0 Å². The highest BCUT2D eigenvalue weighted by Crippen LogP contribution is 2.38. The van der Waals surface area contributed by atoms with Gasteiger partial charge >= 0.3 is 5.97 Å². The smallest absolute Gasteiger partial charge is 0.308 e. The van der Waals surface area contributed by atoms with Gasteiger partial charge in [0.2, 0.25) is 0 Å². The van der Waals surface area contributed by atoms with Gasteiger partial charge in [-0.05, 0) is 37.8 Å². The molecule has 0 aliphatic heterocycles. The number of carbonyl (C=O) groups is 1. The van der Waals surface area contributed by atoms with Gasteiger partial charge in [-0.3, -0.25) is 4.79 Å². The van der Waals surface area contributed by atoms with Crippen molar-refractivity contribution in [2.45, 2.75) is 31.6 Å². The summed E-state index contributed by atoms with van der Waals surface area (Å²) >= 11 is 5.10. The van der Waals surface area contributed by atoms with Gasteiger partial charge in [-0.1, -0.05) is 39.4 Å². The zero-order valence-corrected chi connectivity index (χ0v) is 14.7. The van der Waals surface area contributed by atoms with E-state index in [0.29, 0.717) is 5.92 Å². The number of benzene rings is 1. The highest BCUT2D eigenvalue weighted by Gasteiger charge is 2.29. The molecule has 1 aliphatic carbocycles. The molecule has 6 heteroatoms. The number of halogens is 1. The molecule has 0 amide bonds. The minimum absolute atomic E-state index is 0.0557. The van der Waals surface area contributed by atoms with Crippen LogP contribution in [0.4, 0.5) is 0 Å². The molecule has 3 rings (SSSR count). The Bertz CT molecular complexity index is 648. The van der Waals surface area contributed by atoms with Gasteiger partial charge in [-0.15, -0.1) is 10.2 Å². The van der Waals surface area contributed by atoms with E-state index in [1.807, 2.05) is 24.3 Å². The monoisotopic (exact) mass is 380 g/mol. The molecule has 4 nitrogen and oxygen atoms in total. The third kappa shape index (κ3) is 3.38. The van der Waals surface area contributed by atoms with Crippen molar-refractivity contribution in [2.24, 2.45) is 5.92 Å². The van der Waals surface area contributed by atoms with Crippen LogP contribution in [0.15, 0.2) is 28.7 Å². The van der Waals surface area contributed by atoms with Crippen LogP contribution in [0.2, 0.25) is 0 Å². The van der Waals surface area contributed by atoms with E-state index in [0.717, 1.165) is 45.7 Å². The average Bonchev–Trinajstić information content (AvgIpc) is 3.05. The van der Waals surface area contributed by atoms with Crippen LogP contribution in [0.25, 0.3) is 10.6 Å². The lowest BCUT2D eigenvalue weighted by molar-refractivity contribution is -0.146. The lowest BCUT2D eigenvalue weighted by Gasteiger charge is -2.25. The van der Waals surface area contributed by atoms with Crippen molar-refractivity contribution in [3.8, 4) is 10.6 Å². The summed E-state index contributed by atoms with van der Waals surface area (Å²) in [6.45, 7) is 0. The number of methoxy groups -OCH3 is 1. The topological polar surface area (TPSA) is 52.1 Å². The summed E-state index contributed by atoms with van der Waals surface area (Å²) in [5.74, 6) is 0.397. The fourth-order valence-corrected chi connectivity index (χ4v) is 4.13. The Morgan fingerprint density at radius 1 is 1.18 bits per heavy atom. The summed E-state index contributed by atoms with van der Waals surface area (Å²) in [5, 5.41) is 10.7. The Hall–Kier alpha value is -1.27. The maximum absolute atomic E-state index is 11.6. The molecule has 0 spiro atoms. The number of aromatic nitrogens is 2. The number of hydrogen-bond acceptors (Lipinski definition) is 5. The zero-order chi connectivity index (χ0) is 15.5. The van der Waals surface area contributed by atoms with Crippen LogP contribution < -0.4 is 0 Å². The van der Waals surface area contributed by atoms with Crippen molar-refractivity contribution in [1.29, 1.82) is 0 Å². The minimum Gasteiger partial charge on any atom is -0.469 e. The summed E-state index contributed by atoms with van der Waals surface area (Å²) in [7, 11) is 1.46. The van der Waals surface area contributed by atoms with Gasteiger partial charge in [-0.25, -0.2) is 0 Å². The first kappa shape index (κ1) is 15.6. The number of hydrogen-bond donors (Lipinski definition) is 0. The first-order valence-electron chi connectivity index (χ1n) is 7.34. The van der Waals surface area contributed by atoms with Gasteiger partial charge in [0, 0.05) is 16.0 Å². The number of ether oxygens (including phenoxy) is 1. The first-order valence-corrected chi connectivity index (χ1v) is 8.95. The van der Waals surface area contributed by atoms with Gasteiger partial charge in [0.15, 0.2) is 0 Å². The summed E-state index contributed by atoms with van der Waals surface area (Å²) in [5.41, 5.74) is 1.09. The second kappa shape index (κ2) is 6.87. The molecule has 0 atom stereocenters. The fourth-order valence-electron chi connectivity index (χ4n) is 2.85. The number of rotatable bonds is 3. The van der Waals surface area contributed by atoms with Crippen molar-refractivity contribution < 1.29 is 9.53 Å². The average molecular weight is 381 g/mol. The van der Waals surface area contributed by atoms with Gasteiger partial charge in [0.05, 0.1) is 13.0 Å². The Balaban J connectivity index is 1.67. The first-order chi connectivity index (χ1) is 10.7. The van der Waals surface area contributed by atoms with E-state index in [1.54, 1.807) is 11.3 Å². The second-order valence-corrected chi connectivity index (χ2v) is 7.45. The van der Waals surface area contributed by atoms with Crippen molar-refractivity contribution in [2.75, 3.05) is 7.11 Å². The number of carbonyl (C=O) groups excluding carboxylic acids is 1. The van der Waals surface area contributed by atoms with Gasteiger partial charge in [0.25, 0.3) is 0 Å². The predicted octanol–water partition coefficient (Wildman–Crippen LogP) is 4.41. The minimum atomic E-state index is -0.0775. The molecule has 1 aromatic carbocycles. The van der Waals surface area contributed by atoms with Gasteiger partial charge < -0.3 is 4.74 Å². The molecule has 1 heterocycles. The van der Waals surface area contributed by atoms with Crippen molar-refractivity contribution in [1.82, 2.24) is 10.2 Å².